The first-order valence-corrected chi connectivity index (χ1v) is 6.89. The predicted molar refractivity (Wildman–Crippen MR) is 77.2 cm³/mol. The summed E-state index contributed by atoms with van der Waals surface area (Å²) in [5.74, 6) is 0.925. The number of hydrogen-bond donors (Lipinski definition) is 2. The van der Waals surface area contributed by atoms with Gasteiger partial charge in [-0.2, -0.15) is 0 Å². The lowest BCUT2D eigenvalue weighted by Crippen LogP contribution is -2.18. The highest BCUT2D eigenvalue weighted by atomic mass is 16.5. The summed E-state index contributed by atoms with van der Waals surface area (Å²) in [5.41, 5.74) is 1.22. The largest absolute Gasteiger partial charge is 0.494 e. The van der Waals surface area contributed by atoms with Gasteiger partial charge in [0.05, 0.1) is 6.61 Å². The van der Waals surface area contributed by atoms with Crippen LogP contribution in [0.15, 0.2) is 24.3 Å². The summed E-state index contributed by atoms with van der Waals surface area (Å²) in [6, 6.07) is 8.07. The highest BCUT2D eigenvalue weighted by Gasteiger charge is 1.99. The third-order valence-corrected chi connectivity index (χ3v) is 2.75. The number of carbonyl (C=O) groups excluding carboxylic acids is 1. The van der Waals surface area contributed by atoms with Crippen LogP contribution in [0.4, 0.5) is 0 Å². The molecule has 0 unspecified atom stereocenters. The van der Waals surface area contributed by atoms with Gasteiger partial charge in [0.2, 0.25) is 5.91 Å². The average molecular weight is 264 g/mol. The van der Waals surface area contributed by atoms with Crippen molar-refractivity contribution in [3.63, 3.8) is 0 Å². The Morgan fingerprint density at radius 1 is 1.37 bits per heavy atom. The Morgan fingerprint density at radius 3 is 2.95 bits per heavy atom. The van der Waals surface area contributed by atoms with Crippen LogP contribution in [0.2, 0.25) is 0 Å². The molecule has 1 rings (SSSR count). The molecule has 1 aromatic carbocycles. The molecule has 1 aromatic rings. The normalized spacial score (nSPS) is 10.2. The Morgan fingerprint density at radius 2 is 2.21 bits per heavy atom. The van der Waals surface area contributed by atoms with Gasteiger partial charge in [0, 0.05) is 20.0 Å². The van der Waals surface area contributed by atoms with Crippen molar-refractivity contribution in [2.75, 3.05) is 20.2 Å². The maximum Gasteiger partial charge on any atom is 0.219 e. The van der Waals surface area contributed by atoms with Gasteiger partial charge in [-0.3, -0.25) is 4.79 Å². The van der Waals surface area contributed by atoms with Gasteiger partial charge in [-0.1, -0.05) is 19.1 Å². The molecule has 0 bridgehead atoms. The Bertz CT molecular complexity index is 380. The highest BCUT2D eigenvalue weighted by Crippen LogP contribution is 2.13. The van der Waals surface area contributed by atoms with Gasteiger partial charge < -0.3 is 15.4 Å². The van der Waals surface area contributed by atoms with E-state index in [-0.39, 0.29) is 5.91 Å². The predicted octanol–water partition coefficient (Wildman–Crippen LogP) is 2.09. The molecule has 0 aliphatic carbocycles. The lowest BCUT2D eigenvalue weighted by molar-refractivity contribution is -0.120. The topological polar surface area (TPSA) is 50.4 Å². The SMILES string of the molecule is CCCNCc1cccc(OCCCC(=O)NC)c1. The van der Waals surface area contributed by atoms with Crippen LogP contribution in [-0.4, -0.2) is 26.1 Å². The number of hydrogen-bond acceptors (Lipinski definition) is 3. The Hall–Kier alpha value is -1.55. The Labute approximate surface area is 115 Å². The van der Waals surface area contributed by atoms with Crippen molar-refractivity contribution in [2.45, 2.75) is 32.7 Å². The summed E-state index contributed by atoms with van der Waals surface area (Å²) in [7, 11) is 1.65. The van der Waals surface area contributed by atoms with Crippen molar-refractivity contribution in [3.8, 4) is 5.75 Å². The van der Waals surface area contributed by atoms with Crippen molar-refractivity contribution < 1.29 is 9.53 Å². The smallest absolute Gasteiger partial charge is 0.219 e. The van der Waals surface area contributed by atoms with E-state index in [4.69, 9.17) is 4.74 Å². The number of amides is 1. The van der Waals surface area contributed by atoms with E-state index in [1.54, 1.807) is 7.05 Å². The minimum atomic E-state index is 0.0566. The van der Waals surface area contributed by atoms with Crippen molar-refractivity contribution in [1.29, 1.82) is 0 Å². The van der Waals surface area contributed by atoms with Crippen LogP contribution < -0.4 is 15.4 Å². The van der Waals surface area contributed by atoms with E-state index < -0.39 is 0 Å². The molecule has 4 nitrogen and oxygen atoms in total. The summed E-state index contributed by atoms with van der Waals surface area (Å²) in [5, 5.41) is 5.96. The third-order valence-electron chi connectivity index (χ3n) is 2.75. The molecular weight excluding hydrogens is 240 g/mol. The second kappa shape index (κ2) is 9.39. The first-order chi connectivity index (χ1) is 9.26. The minimum Gasteiger partial charge on any atom is -0.494 e. The molecule has 0 heterocycles. The molecule has 0 saturated carbocycles. The Balaban J connectivity index is 2.29. The van der Waals surface area contributed by atoms with Crippen molar-refractivity contribution in [3.05, 3.63) is 29.8 Å². The molecule has 1 amide bonds. The van der Waals surface area contributed by atoms with E-state index in [0.29, 0.717) is 13.0 Å². The van der Waals surface area contributed by atoms with E-state index in [1.165, 1.54) is 5.56 Å². The maximum atomic E-state index is 11.0. The monoisotopic (exact) mass is 264 g/mol. The van der Waals surface area contributed by atoms with Crippen molar-refractivity contribution in [2.24, 2.45) is 0 Å². The molecule has 0 atom stereocenters. The van der Waals surface area contributed by atoms with Crippen LogP contribution >= 0.6 is 0 Å². The van der Waals surface area contributed by atoms with Crippen LogP contribution in [0, 0.1) is 0 Å². The zero-order valence-electron chi connectivity index (χ0n) is 11.9. The van der Waals surface area contributed by atoms with E-state index in [0.717, 1.165) is 31.7 Å². The van der Waals surface area contributed by atoms with Gasteiger partial charge in [-0.25, -0.2) is 0 Å². The van der Waals surface area contributed by atoms with Crippen molar-refractivity contribution in [1.82, 2.24) is 10.6 Å². The van der Waals surface area contributed by atoms with Gasteiger partial charge in [0.25, 0.3) is 0 Å². The molecule has 106 valence electrons. The van der Waals surface area contributed by atoms with Crippen LogP contribution in [0.1, 0.15) is 31.7 Å². The molecule has 19 heavy (non-hydrogen) atoms. The molecule has 0 aliphatic heterocycles. The third kappa shape index (κ3) is 6.82. The van der Waals surface area contributed by atoms with E-state index in [1.807, 2.05) is 18.2 Å². The van der Waals surface area contributed by atoms with E-state index in [9.17, 15) is 4.79 Å². The number of rotatable bonds is 9. The fourth-order valence-corrected chi connectivity index (χ4v) is 1.70. The van der Waals surface area contributed by atoms with E-state index >= 15 is 0 Å². The first-order valence-electron chi connectivity index (χ1n) is 6.89. The molecule has 0 radical (unpaired) electrons. The molecular formula is C15H24N2O2. The van der Waals surface area contributed by atoms with Gasteiger partial charge in [-0.05, 0) is 37.1 Å². The number of nitrogens with one attached hydrogen (secondary N) is 2. The molecule has 0 spiro atoms. The quantitative estimate of drug-likeness (QED) is 0.672. The fourth-order valence-electron chi connectivity index (χ4n) is 1.70. The molecule has 0 saturated heterocycles. The number of benzene rings is 1. The van der Waals surface area contributed by atoms with Gasteiger partial charge in [0.15, 0.2) is 0 Å². The van der Waals surface area contributed by atoms with Crippen LogP contribution in [0.5, 0.6) is 5.75 Å². The van der Waals surface area contributed by atoms with Crippen LogP contribution in [0.25, 0.3) is 0 Å². The van der Waals surface area contributed by atoms with Crippen LogP contribution in [0.3, 0.4) is 0 Å². The number of ether oxygens (including phenoxy) is 1. The molecule has 4 heteroatoms. The summed E-state index contributed by atoms with van der Waals surface area (Å²) < 4.78 is 5.64. The van der Waals surface area contributed by atoms with Gasteiger partial charge in [0.1, 0.15) is 5.75 Å². The molecule has 0 aliphatic rings. The van der Waals surface area contributed by atoms with E-state index in [2.05, 4.69) is 23.6 Å². The fraction of sp³-hybridized carbons (Fsp3) is 0.533. The number of carbonyl (C=O) groups is 1. The molecule has 2 N–H and O–H groups in total. The van der Waals surface area contributed by atoms with Crippen LogP contribution in [-0.2, 0) is 11.3 Å². The average Bonchev–Trinajstić information content (AvgIpc) is 2.44. The van der Waals surface area contributed by atoms with Gasteiger partial charge >= 0.3 is 0 Å². The second-order valence-corrected chi connectivity index (χ2v) is 4.45. The summed E-state index contributed by atoms with van der Waals surface area (Å²) in [6.07, 6.45) is 2.38. The highest BCUT2D eigenvalue weighted by molar-refractivity contribution is 5.75. The van der Waals surface area contributed by atoms with Gasteiger partial charge in [-0.15, -0.1) is 0 Å². The summed E-state index contributed by atoms with van der Waals surface area (Å²) in [6.45, 7) is 4.61. The standard InChI is InChI=1S/C15H24N2O2/c1-3-9-17-12-13-6-4-7-14(11-13)19-10-5-8-15(18)16-2/h4,6-7,11,17H,3,5,8-10,12H2,1-2H3,(H,16,18). The lowest BCUT2D eigenvalue weighted by Gasteiger charge is -2.08. The molecule has 0 aromatic heterocycles. The minimum absolute atomic E-state index is 0.0566. The maximum absolute atomic E-state index is 11.0. The zero-order valence-corrected chi connectivity index (χ0v) is 11.9. The Kier molecular flexibility index (Phi) is 7.66. The zero-order chi connectivity index (χ0) is 13.9. The summed E-state index contributed by atoms with van der Waals surface area (Å²) in [4.78, 5) is 11.0. The summed E-state index contributed by atoms with van der Waals surface area (Å²) >= 11 is 0. The van der Waals surface area contributed by atoms with Crippen molar-refractivity contribution >= 4 is 5.91 Å². The lowest BCUT2D eigenvalue weighted by atomic mass is 10.2. The second-order valence-electron chi connectivity index (χ2n) is 4.45. The molecule has 0 fully saturated rings. The first kappa shape index (κ1) is 15.5.